The lowest BCUT2D eigenvalue weighted by atomic mass is 10.7. The predicted molar refractivity (Wildman–Crippen MR) is 35.1 cm³/mol. The minimum Gasteiger partial charge on any atom is -0.463 e. The van der Waals surface area contributed by atoms with Crippen molar-refractivity contribution < 1.29 is 9.53 Å². The van der Waals surface area contributed by atoms with Gasteiger partial charge in [0, 0.05) is 6.92 Å². The Kier molecular flexibility index (Phi) is 4.21. The molecule has 0 amide bonds. The molecule has 0 heterocycles. The first-order chi connectivity index (χ1) is 4.16. The summed E-state index contributed by atoms with van der Waals surface area (Å²) in [5, 5.41) is 2.55. The number of hydrogen-bond donors (Lipinski definition) is 0. The topological polar surface area (TPSA) is 55.7 Å². The van der Waals surface area contributed by atoms with E-state index in [2.05, 4.69) is 25.8 Å². The van der Waals surface area contributed by atoms with Gasteiger partial charge in [-0.2, -0.15) is 0 Å². The van der Waals surface area contributed by atoms with Crippen LogP contribution >= 0.6 is 15.9 Å². The van der Waals surface area contributed by atoms with Gasteiger partial charge in [-0.15, -0.1) is 4.91 Å². The summed E-state index contributed by atoms with van der Waals surface area (Å²) in [4.78, 5) is 19.1. The van der Waals surface area contributed by atoms with Gasteiger partial charge in [0.05, 0.1) is 0 Å². The summed E-state index contributed by atoms with van der Waals surface area (Å²) in [7, 11) is 0. The van der Waals surface area contributed by atoms with E-state index in [4.69, 9.17) is 0 Å². The number of halogens is 1. The maximum atomic E-state index is 10.1. The number of nitrogens with zero attached hydrogens (tertiary/aromatic N) is 1. The van der Waals surface area contributed by atoms with Gasteiger partial charge in [0.2, 0.25) is 0 Å². The molecule has 0 N–H and O–H groups in total. The van der Waals surface area contributed by atoms with Crippen LogP contribution in [0.1, 0.15) is 6.92 Å². The van der Waals surface area contributed by atoms with Crippen LogP contribution in [-0.4, -0.2) is 17.5 Å². The number of alkyl halides is 1. The van der Waals surface area contributed by atoms with E-state index >= 15 is 0 Å². The zero-order valence-electron chi connectivity index (χ0n) is 4.83. The fourth-order valence-corrected chi connectivity index (χ4v) is 0.349. The Morgan fingerprint density at radius 1 is 1.89 bits per heavy atom. The molecule has 0 aliphatic rings. The van der Waals surface area contributed by atoms with E-state index in [0.717, 1.165) is 0 Å². The highest BCUT2D eigenvalue weighted by atomic mass is 79.9. The lowest BCUT2D eigenvalue weighted by Gasteiger charge is -1.99. The second kappa shape index (κ2) is 4.43. The normalized spacial score (nSPS) is 12.2. The lowest BCUT2D eigenvalue weighted by Crippen LogP contribution is -2.08. The molecule has 0 spiro atoms. The zero-order valence-corrected chi connectivity index (χ0v) is 6.42. The highest BCUT2D eigenvalue weighted by molar-refractivity contribution is 9.09. The molecule has 0 rings (SSSR count). The van der Waals surface area contributed by atoms with E-state index in [9.17, 15) is 9.70 Å². The number of rotatable bonds is 3. The zero-order chi connectivity index (χ0) is 7.28. The van der Waals surface area contributed by atoms with E-state index in [1.54, 1.807) is 0 Å². The van der Waals surface area contributed by atoms with Crippen molar-refractivity contribution in [3.05, 3.63) is 4.91 Å². The molecule has 0 aromatic rings. The summed E-state index contributed by atoms with van der Waals surface area (Å²) < 4.78 is 4.41. The van der Waals surface area contributed by atoms with Gasteiger partial charge < -0.3 is 4.74 Å². The van der Waals surface area contributed by atoms with Crippen LogP contribution < -0.4 is 0 Å². The average molecular weight is 196 g/mol. The Morgan fingerprint density at radius 3 is 2.78 bits per heavy atom. The third-order valence-electron chi connectivity index (χ3n) is 0.539. The van der Waals surface area contributed by atoms with Gasteiger partial charge >= 0.3 is 5.97 Å². The van der Waals surface area contributed by atoms with Crippen LogP contribution in [-0.2, 0) is 9.53 Å². The van der Waals surface area contributed by atoms with Gasteiger partial charge in [0.1, 0.15) is 6.61 Å². The smallest absolute Gasteiger partial charge is 0.302 e. The van der Waals surface area contributed by atoms with Crippen molar-refractivity contribution in [2.75, 3.05) is 6.61 Å². The Morgan fingerprint density at radius 2 is 2.44 bits per heavy atom. The van der Waals surface area contributed by atoms with Gasteiger partial charge in [-0.25, -0.2) is 0 Å². The maximum absolute atomic E-state index is 10.1. The average Bonchev–Trinajstić information content (AvgIpc) is 1.83. The second-order valence-electron chi connectivity index (χ2n) is 1.34. The molecule has 9 heavy (non-hydrogen) atoms. The van der Waals surface area contributed by atoms with E-state index < -0.39 is 10.9 Å². The largest absolute Gasteiger partial charge is 0.463 e. The summed E-state index contributed by atoms with van der Waals surface area (Å²) in [5.74, 6) is -0.414. The Bertz CT molecular complexity index is 116. The molecular formula is C4H6BrNO3. The molecule has 1 atom stereocenters. The van der Waals surface area contributed by atoms with Crippen LogP contribution in [0.4, 0.5) is 0 Å². The monoisotopic (exact) mass is 195 g/mol. The molecule has 0 aliphatic heterocycles. The van der Waals surface area contributed by atoms with Gasteiger partial charge in [0.15, 0.2) is 4.95 Å². The number of nitroso groups, excluding NO2 is 1. The van der Waals surface area contributed by atoms with E-state index in [1.165, 1.54) is 6.92 Å². The highest BCUT2D eigenvalue weighted by Gasteiger charge is 2.03. The van der Waals surface area contributed by atoms with Crippen LogP contribution in [0.5, 0.6) is 0 Å². The fraction of sp³-hybridized carbons (Fsp3) is 0.750. The minimum absolute atomic E-state index is 0.00116. The Labute approximate surface area is 60.7 Å². The maximum Gasteiger partial charge on any atom is 0.302 e. The molecule has 0 saturated carbocycles. The first kappa shape index (κ1) is 8.55. The van der Waals surface area contributed by atoms with Crippen molar-refractivity contribution in [3.63, 3.8) is 0 Å². The summed E-state index contributed by atoms with van der Waals surface area (Å²) in [6, 6.07) is 0. The summed E-state index contributed by atoms with van der Waals surface area (Å²) >= 11 is 2.85. The quantitative estimate of drug-likeness (QED) is 0.293. The first-order valence-electron chi connectivity index (χ1n) is 2.26. The van der Waals surface area contributed by atoms with E-state index in [1.807, 2.05) is 0 Å². The van der Waals surface area contributed by atoms with Gasteiger partial charge in [-0.3, -0.25) is 4.79 Å². The predicted octanol–water partition coefficient (Wildman–Crippen LogP) is 1.04. The fourth-order valence-electron chi connectivity index (χ4n) is 0.217. The molecule has 0 aromatic carbocycles. The minimum atomic E-state index is -0.624. The van der Waals surface area contributed by atoms with Crippen LogP contribution in [0.25, 0.3) is 0 Å². The first-order valence-corrected chi connectivity index (χ1v) is 3.18. The van der Waals surface area contributed by atoms with Crippen molar-refractivity contribution in [2.45, 2.75) is 11.9 Å². The van der Waals surface area contributed by atoms with Crippen LogP contribution in [0, 0.1) is 4.91 Å². The highest BCUT2D eigenvalue weighted by Crippen LogP contribution is 1.99. The summed E-state index contributed by atoms with van der Waals surface area (Å²) in [5.41, 5.74) is 0. The number of carbonyl (C=O) groups is 1. The summed E-state index contributed by atoms with van der Waals surface area (Å²) in [6.07, 6.45) is 0. The van der Waals surface area contributed by atoms with Crippen molar-refractivity contribution >= 4 is 21.9 Å². The molecule has 0 aromatic heterocycles. The van der Waals surface area contributed by atoms with Crippen molar-refractivity contribution in [3.8, 4) is 0 Å². The van der Waals surface area contributed by atoms with Crippen LogP contribution in [0.15, 0.2) is 5.18 Å². The van der Waals surface area contributed by atoms with Crippen molar-refractivity contribution in [2.24, 2.45) is 5.18 Å². The standard InChI is InChI=1S/C4H6BrNO3/c1-3(7)9-2-4(5)6-8/h4H,2H2,1H3. The van der Waals surface area contributed by atoms with Crippen LogP contribution in [0.2, 0.25) is 0 Å². The SMILES string of the molecule is CC(=O)OCC(Br)N=O. The number of hydrogen-bond acceptors (Lipinski definition) is 4. The molecular weight excluding hydrogens is 190 g/mol. The second-order valence-corrected chi connectivity index (χ2v) is 2.40. The van der Waals surface area contributed by atoms with Gasteiger partial charge in [0.25, 0.3) is 0 Å². The molecule has 0 bridgehead atoms. The van der Waals surface area contributed by atoms with Gasteiger partial charge in [-0.1, -0.05) is 21.1 Å². The number of carbonyl (C=O) groups excluding carboxylic acids is 1. The molecule has 0 saturated heterocycles. The molecule has 52 valence electrons. The van der Waals surface area contributed by atoms with Crippen molar-refractivity contribution in [1.29, 1.82) is 0 Å². The Balaban J connectivity index is 3.26. The lowest BCUT2D eigenvalue weighted by molar-refractivity contribution is -0.140. The number of esters is 1. The molecule has 0 fully saturated rings. The van der Waals surface area contributed by atoms with E-state index in [0.29, 0.717) is 0 Å². The molecule has 0 aliphatic carbocycles. The summed E-state index contributed by atoms with van der Waals surface area (Å²) in [6.45, 7) is 1.27. The Hall–Kier alpha value is -0.450. The van der Waals surface area contributed by atoms with Gasteiger partial charge in [-0.05, 0) is 0 Å². The molecule has 0 radical (unpaired) electrons. The third kappa shape index (κ3) is 5.42. The molecule has 4 nitrogen and oxygen atoms in total. The third-order valence-corrected chi connectivity index (χ3v) is 0.970. The molecule has 5 heteroatoms. The number of ether oxygens (including phenoxy) is 1. The van der Waals surface area contributed by atoms with Crippen LogP contribution in [0.3, 0.4) is 0 Å². The molecule has 1 unspecified atom stereocenters. The van der Waals surface area contributed by atoms with Crippen molar-refractivity contribution in [1.82, 2.24) is 0 Å². The van der Waals surface area contributed by atoms with E-state index in [-0.39, 0.29) is 6.61 Å².